The van der Waals surface area contributed by atoms with Gasteiger partial charge < -0.3 is 11.5 Å². The second-order valence-corrected chi connectivity index (χ2v) is 2.74. The van der Waals surface area contributed by atoms with Crippen LogP contribution in [0.3, 0.4) is 0 Å². The third-order valence-electron chi connectivity index (χ3n) is 1.74. The molecule has 1 unspecified atom stereocenters. The number of fused-ring (bicyclic) bond motifs is 1. The zero-order valence-electron chi connectivity index (χ0n) is 7.05. The molecule has 4 N–H and O–H groups in total. The Bertz CT molecular complexity index is 431. The number of hydrogen-bond donors (Lipinski definition) is 2. The van der Waals surface area contributed by atoms with Crippen LogP contribution in [0.15, 0.2) is 6.33 Å². The highest BCUT2D eigenvalue weighted by atomic mass is 15.4. The van der Waals surface area contributed by atoms with E-state index in [-0.39, 0.29) is 12.0 Å². The van der Waals surface area contributed by atoms with Gasteiger partial charge in [0.15, 0.2) is 17.0 Å². The summed E-state index contributed by atoms with van der Waals surface area (Å²) in [7, 11) is 0. The second-order valence-electron chi connectivity index (χ2n) is 2.74. The quantitative estimate of drug-likeness (QED) is 0.598. The number of hydrogen-bond acceptors (Lipinski definition) is 6. The Morgan fingerprint density at radius 1 is 1.46 bits per heavy atom. The Balaban J connectivity index is 2.75. The van der Waals surface area contributed by atoms with Gasteiger partial charge in [0.05, 0.1) is 12.5 Å². The Morgan fingerprint density at radius 2 is 2.23 bits per heavy atom. The molecule has 0 aliphatic rings. The van der Waals surface area contributed by atoms with Crippen LogP contribution in [-0.2, 0) is 0 Å². The second kappa shape index (κ2) is 2.63. The van der Waals surface area contributed by atoms with Crippen LogP contribution in [0.2, 0.25) is 0 Å². The van der Waals surface area contributed by atoms with E-state index in [2.05, 4.69) is 20.4 Å². The molecule has 0 fully saturated rings. The van der Waals surface area contributed by atoms with Crippen molar-refractivity contribution in [2.45, 2.75) is 13.1 Å². The summed E-state index contributed by atoms with van der Waals surface area (Å²) in [4.78, 5) is 4.03. The van der Waals surface area contributed by atoms with E-state index in [1.165, 1.54) is 0 Å². The Kier molecular flexibility index (Phi) is 1.59. The predicted molar refractivity (Wildman–Crippen MR) is 46.4 cm³/mol. The molecule has 0 saturated carbocycles. The van der Waals surface area contributed by atoms with Crippen molar-refractivity contribution in [3.05, 3.63) is 6.33 Å². The number of imidazole rings is 1. The topological polar surface area (TPSA) is 109 Å². The molecule has 0 spiro atoms. The van der Waals surface area contributed by atoms with Crippen LogP contribution in [0.25, 0.3) is 11.2 Å². The van der Waals surface area contributed by atoms with E-state index in [1.807, 2.05) is 6.92 Å². The highest BCUT2D eigenvalue weighted by Crippen LogP contribution is 2.14. The predicted octanol–water partition coefficient (Wildman–Crippen LogP) is -0.719. The van der Waals surface area contributed by atoms with Gasteiger partial charge in [-0.05, 0) is 12.1 Å². The molecule has 13 heavy (non-hydrogen) atoms. The molecule has 2 aromatic rings. The number of nitrogen functional groups attached to an aromatic ring is 1. The first kappa shape index (κ1) is 7.87. The van der Waals surface area contributed by atoms with Gasteiger partial charge in [0, 0.05) is 0 Å². The van der Waals surface area contributed by atoms with Crippen molar-refractivity contribution in [1.82, 2.24) is 25.0 Å². The molecule has 7 nitrogen and oxygen atoms in total. The first-order valence-electron chi connectivity index (χ1n) is 3.77. The molecule has 0 saturated heterocycles. The summed E-state index contributed by atoms with van der Waals surface area (Å²) in [5, 5.41) is 10.9. The third kappa shape index (κ3) is 1.09. The van der Waals surface area contributed by atoms with E-state index in [0.717, 1.165) is 0 Å². The molecular formula is C6H9N7. The van der Waals surface area contributed by atoms with E-state index in [4.69, 9.17) is 11.5 Å². The van der Waals surface area contributed by atoms with E-state index in [1.54, 1.807) is 10.9 Å². The normalized spacial score (nSPS) is 13.4. The molecule has 0 aliphatic heterocycles. The van der Waals surface area contributed by atoms with Gasteiger partial charge in [-0.15, -0.1) is 10.2 Å². The summed E-state index contributed by atoms with van der Waals surface area (Å²) in [5.41, 5.74) is 12.3. The highest BCUT2D eigenvalue weighted by molar-refractivity contribution is 5.80. The van der Waals surface area contributed by atoms with E-state index >= 15 is 0 Å². The van der Waals surface area contributed by atoms with Gasteiger partial charge in [0.25, 0.3) is 0 Å². The van der Waals surface area contributed by atoms with Crippen LogP contribution in [0.5, 0.6) is 0 Å². The SMILES string of the molecule is CC(N)n1cnc2c(N)nnnc21. The standard InChI is InChI=1S/C6H9N7/c1-3(7)13-2-9-4-5(8)10-12-11-6(4)13/h2-3H,7H2,1H3,(H2,8,10,11). The number of nitrogens with two attached hydrogens (primary N) is 2. The number of rotatable bonds is 1. The molecule has 0 amide bonds. The third-order valence-corrected chi connectivity index (χ3v) is 1.74. The molecule has 2 heterocycles. The first-order chi connectivity index (χ1) is 6.20. The van der Waals surface area contributed by atoms with Crippen molar-refractivity contribution >= 4 is 17.0 Å². The van der Waals surface area contributed by atoms with Crippen LogP contribution in [-0.4, -0.2) is 25.0 Å². The fraction of sp³-hybridized carbons (Fsp3) is 0.333. The van der Waals surface area contributed by atoms with Crippen molar-refractivity contribution in [3.63, 3.8) is 0 Å². The summed E-state index contributed by atoms with van der Waals surface area (Å²) in [6.07, 6.45) is 1.36. The van der Waals surface area contributed by atoms with Crippen molar-refractivity contribution in [2.24, 2.45) is 5.73 Å². The molecule has 0 bridgehead atoms. The Morgan fingerprint density at radius 3 is 2.92 bits per heavy atom. The van der Waals surface area contributed by atoms with Crippen molar-refractivity contribution in [2.75, 3.05) is 5.73 Å². The van der Waals surface area contributed by atoms with Gasteiger partial charge in [-0.1, -0.05) is 0 Å². The molecule has 68 valence electrons. The summed E-state index contributed by atoms with van der Waals surface area (Å²) in [6, 6.07) is 0. The van der Waals surface area contributed by atoms with Gasteiger partial charge in [-0.25, -0.2) is 4.98 Å². The maximum atomic E-state index is 5.67. The minimum atomic E-state index is -0.207. The van der Waals surface area contributed by atoms with Gasteiger partial charge in [-0.2, -0.15) is 0 Å². The lowest BCUT2D eigenvalue weighted by atomic mass is 10.5. The van der Waals surface area contributed by atoms with Crippen LogP contribution >= 0.6 is 0 Å². The van der Waals surface area contributed by atoms with Crippen LogP contribution in [0, 0.1) is 0 Å². The summed E-state index contributed by atoms with van der Waals surface area (Å²) >= 11 is 0. The van der Waals surface area contributed by atoms with Crippen LogP contribution in [0.4, 0.5) is 5.82 Å². The maximum Gasteiger partial charge on any atom is 0.189 e. The minimum Gasteiger partial charge on any atom is -0.380 e. The number of anilines is 1. The molecular weight excluding hydrogens is 170 g/mol. The van der Waals surface area contributed by atoms with Gasteiger partial charge in [0.2, 0.25) is 0 Å². The maximum absolute atomic E-state index is 5.67. The number of aromatic nitrogens is 5. The van der Waals surface area contributed by atoms with Gasteiger partial charge in [0.1, 0.15) is 0 Å². The van der Waals surface area contributed by atoms with Crippen LogP contribution in [0.1, 0.15) is 13.1 Å². The molecule has 0 aliphatic carbocycles. The largest absolute Gasteiger partial charge is 0.380 e. The Hall–Kier alpha value is -1.76. The molecule has 1 atom stereocenters. The Labute approximate surface area is 73.8 Å². The zero-order valence-corrected chi connectivity index (χ0v) is 7.05. The molecule has 2 rings (SSSR count). The smallest absolute Gasteiger partial charge is 0.189 e. The lowest BCUT2D eigenvalue weighted by molar-refractivity contribution is 0.580. The molecule has 7 heteroatoms. The van der Waals surface area contributed by atoms with Crippen molar-refractivity contribution in [1.29, 1.82) is 0 Å². The van der Waals surface area contributed by atoms with Gasteiger partial charge >= 0.3 is 0 Å². The average molecular weight is 179 g/mol. The zero-order chi connectivity index (χ0) is 9.42. The fourth-order valence-corrected chi connectivity index (χ4v) is 1.09. The van der Waals surface area contributed by atoms with Crippen molar-refractivity contribution < 1.29 is 0 Å². The van der Waals surface area contributed by atoms with E-state index in [9.17, 15) is 0 Å². The lowest BCUT2D eigenvalue weighted by Crippen LogP contribution is -2.14. The average Bonchev–Trinajstić information content (AvgIpc) is 2.48. The highest BCUT2D eigenvalue weighted by Gasteiger charge is 2.10. The molecule has 0 aromatic carbocycles. The summed E-state index contributed by atoms with van der Waals surface area (Å²) < 4.78 is 1.68. The van der Waals surface area contributed by atoms with Gasteiger partial charge in [-0.3, -0.25) is 4.57 Å². The monoisotopic (exact) mass is 179 g/mol. The molecule has 2 aromatic heterocycles. The first-order valence-corrected chi connectivity index (χ1v) is 3.77. The van der Waals surface area contributed by atoms with Crippen molar-refractivity contribution in [3.8, 4) is 0 Å². The lowest BCUT2D eigenvalue weighted by Gasteiger charge is -2.05. The summed E-state index contributed by atoms with van der Waals surface area (Å²) in [5.74, 6) is 0.268. The number of nitrogens with zero attached hydrogens (tertiary/aromatic N) is 5. The summed E-state index contributed by atoms with van der Waals surface area (Å²) in [6.45, 7) is 1.82. The van der Waals surface area contributed by atoms with E-state index < -0.39 is 0 Å². The fourth-order valence-electron chi connectivity index (χ4n) is 1.09. The van der Waals surface area contributed by atoms with E-state index in [0.29, 0.717) is 11.2 Å². The molecule has 0 radical (unpaired) electrons. The minimum absolute atomic E-state index is 0.207. The van der Waals surface area contributed by atoms with Crippen LogP contribution < -0.4 is 11.5 Å².